The second-order valence-corrected chi connectivity index (χ2v) is 11.1. The minimum absolute atomic E-state index is 0.0556. The van der Waals surface area contributed by atoms with Crippen molar-refractivity contribution in [1.82, 2.24) is 5.32 Å². The van der Waals surface area contributed by atoms with Gasteiger partial charge < -0.3 is 10.6 Å². The molecule has 1 saturated heterocycles. The Morgan fingerprint density at radius 1 is 1.20 bits per heavy atom. The zero-order chi connectivity index (χ0) is 18.8. The highest BCUT2D eigenvalue weighted by Crippen LogP contribution is 2.27. The van der Waals surface area contributed by atoms with Gasteiger partial charge in [-0.15, -0.1) is 0 Å². The van der Waals surface area contributed by atoms with Crippen LogP contribution >= 0.6 is 0 Å². The molecule has 0 bridgehead atoms. The van der Waals surface area contributed by atoms with Gasteiger partial charge >= 0.3 is 0 Å². The van der Waals surface area contributed by atoms with E-state index >= 15 is 0 Å². The van der Waals surface area contributed by atoms with Gasteiger partial charge in [0.15, 0.2) is 19.7 Å². The molecule has 0 saturated carbocycles. The molecular formula is C16H24N2O5S2. The van der Waals surface area contributed by atoms with E-state index in [4.69, 9.17) is 0 Å². The number of amides is 1. The summed E-state index contributed by atoms with van der Waals surface area (Å²) in [5.74, 6) is -0.523. The number of hydrogen-bond donors (Lipinski definition) is 2. The maximum atomic E-state index is 12.9. The fourth-order valence-electron chi connectivity index (χ4n) is 2.80. The molecule has 140 valence electrons. The van der Waals surface area contributed by atoms with E-state index in [0.29, 0.717) is 12.2 Å². The van der Waals surface area contributed by atoms with Crippen molar-refractivity contribution >= 4 is 31.3 Å². The number of rotatable bonds is 6. The van der Waals surface area contributed by atoms with E-state index in [-0.39, 0.29) is 28.2 Å². The molecule has 0 aliphatic carbocycles. The Labute approximate surface area is 149 Å². The molecule has 7 nitrogen and oxygen atoms in total. The van der Waals surface area contributed by atoms with Crippen molar-refractivity contribution in [2.24, 2.45) is 5.92 Å². The van der Waals surface area contributed by atoms with E-state index in [1.165, 1.54) is 31.2 Å². The topological polar surface area (TPSA) is 109 Å². The molecule has 1 aromatic rings. The number of anilines is 1. The molecule has 1 aliphatic rings. The van der Waals surface area contributed by atoms with E-state index in [1.54, 1.807) is 0 Å². The van der Waals surface area contributed by atoms with Crippen LogP contribution in [0.25, 0.3) is 0 Å². The van der Waals surface area contributed by atoms with E-state index in [2.05, 4.69) is 10.6 Å². The van der Waals surface area contributed by atoms with E-state index in [9.17, 15) is 21.6 Å². The van der Waals surface area contributed by atoms with Crippen molar-refractivity contribution in [2.75, 3.05) is 23.4 Å². The summed E-state index contributed by atoms with van der Waals surface area (Å²) in [7, 11) is -7.21. The van der Waals surface area contributed by atoms with Crippen LogP contribution in [0.1, 0.15) is 20.8 Å². The monoisotopic (exact) mass is 388 g/mol. The number of nitrogens with one attached hydrogen (secondary N) is 2. The fourth-order valence-corrected chi connectivity index (χ4v) is 7.52. The summed E-state index contributed by atoms with van der Waals surface area (Å²) in [4.78, 5) is 11.1. The average molecular weight is 389 g/mol. The van der Waals surface area contributed by atoms with Crippen LogP contribution in [0.3, 0.4) is 0 Å². The zero-order valence-corrected chi connectivity index (χ0v) is 16.2. The Balaban J connectivity index is 2.27. The summed E-state index contributed by atoms with van der Waals surface area (Å²) in [6.07, 6.45) is 0. The lowest BCUT2D eigenvalue weighted by molar-refractivity contribution is -0.114. The van der Waals surface area contributed by atoms with Gasteiger partial charge in [-0.1, -0.05) is 13.8 Å². The van der Waals surface area contributed by atoms with Crippen LogP contribution in [0, 0.1) is 5.92 Å². The quantitative estimate of drug-likeness (QED) is 0.747. The molecule has 0 spiro atoms. The van der Waals surface area contributed by atoms with Gasteiger partial charge in [0.2, 0.25) is 5.91 Å². The number of carbonyl (C=O) groups excluding carboxylic acids is 1. The van der Waals surface area contributed by atoms with Crippen LogP contribution in [0.2, 0.25) is 0 Å². The third kappa shape index (κ3) is 5.02. The summed E-state index contributed by atoms with van der Waals surface area (Å²) in [5, 5.41) is 4.64. The SMILES string of the molecule is CC(=O)Nc1ccc(S(=O)(=O)C2CS(=O)(=O)CC2NCC(C)C)cc1. The summed E-state index contributed by atoms with van der Waals surface area (Å²) in [6, 6.07) is 5.16. The molecule has 2 rings (SSSR count). The van der Waals surface area contributed by atoms with Crippen LogP contribution in [0.15, 0.2) is 29.2 Å². The Morgan fingerprint density at radius 3 is 2.32 bits per heavy atom. The van der Waals surface area contributed by atoms with Gasteiger partial charge in [-0.3, -0.25) is 4.79 Å². The molecule has 1 amide bonds. The molecule has 2 N–H and O–H groups in total. The van der Waals surface area contributed by atoms with Crippen LogP contribution in [0.4, 0.5) is 5.69 Å². The van der Waals surface area contributed by atoms with Gasteiger partial charge in [0.25, 0.3) is 0 Å². The first-order valence-corrected chi connectivity index (χ1v) is 11.4. The van der Waals surface area contributed by atoms with Crippen LogP contribution in [-0.4, -0.2) is 52.1 Å². The number of benzene rings is 1. The Bertz CT molecular complexity index is 830. The first-order chi connectivity index (χ1) is 11.5. The summed E-state index contributed by atoms with van der Waals surface area (Å²) >= 11 is 0. The Hall–Kier alpha value is -1.45. The normalized spacial score (nSPS) is 22.9. The molecule has 0 aromatic heterocycles. The fraction of sp³-hybridized carbons (Fsp3) is 0.562. The highest BCUT2D eigenvalue weighted by molar-refractivity contribution is 7.96. The van der Waals surface area contributed by atoms with Gasteiger partial charge in [0.05, 0.1) is 21.7 Å². The molecule has 1 heterocycles. The third-order valence-corrected chi connectivity index (χ3v) is 8.16. The molecule has 25 heavy (non-hydrogen) atoms. The standard InChI is InChI=1S/C16H24N2O5S2/c1-11(2)8-17-15-9-24(20,21)10-16(15)25(22,23)14-6-4-13(5-7-14)18-12(3)19/h4-7,11,15-17H,8-10H2,1-3H3,(H,18,19). The second kappa shape index (κ2) is 7.43. The van der Waals surface area contributed by atoms with Gasteiger partial charge in [0.1, 0.15) is 0 Å². The van der Waals surface area contributed by atoms with Crippen molar-refractivity contribution in [3.8, 4) is 0 Å². The van der Waals surface area contributed by atoms with E-state index in [1.807, 2.05) is 13.8 Å². The molecule has 0 radical (unpaired) electrons. The van der Waals surface area contributed by atoms with Crippen molar-refractivity contribution in [3.63, 3.8) is 0 Å². The molecule has 2 atom stereocenters. The summed E-state index contributed by atoms with van der Waals surface area (Å²) < 4.78 is 49.8. The van der Waals surface area contributed by atoms with Gasteiger partial charge in [-0.05, 0) is 36.7 Å². The van der Waals surface area contributed by atoms with Crippen molar-refractivity contribution in [3.05, 3.63) is 24.3 Å². The highest BCUT2D eigenvalue weighted by Gasteiger charge is 2.45. The first kappa shape index (κ1) is 19.9. The van der Waals surface area contributed by atoms with Crippen molar-refractivity contribution in [1.29, 1.82) is 0 Å². The minimum Gasteiger partial charge on any atom is -0.326 e. The second-order valence-electron chi connectivity index (χ2n) is 6.77. The highest BCUT2D eigenvalue weighted by atomic mass is 32.2. The zero-order valence-electron chi connectivity index (χ0n) is 14.5. The predicted octanol–water partition coefficient (Wildman–Crippen LogP) is 0.830. The van der Waals surface area contributed by atoms with Crippen molar-refractivity contribution < 1.29 is 21.6 Å². The summed E-state index contributed by atoms with van der Waals surface area (Å²) in [6.45, 7) is 5.86. The average Bonchev–Trinajstić information content (AvgIpc) is 2.81. The predicted molar refractivity (Wildman–Crippen MR) is 97.0 cm³/mol. The molecule has 1 aromatic carbocycles. The van der Waals surface area contributed by atoms with Crippen LogP contribution in [-0.2, 0) is 24.5 Å². The van der Waals surface area contributed by atoms with E-state index in [0.717, 1.165) is 0 Å². The smallest absolute Gasteiger partial charge is 0.221 e. The number of hydrogen-bond acceptors (Lipinski definition) is 6. The lowest BCUT2D eigenvalue weighted by Crippen LogP contribution is -2.44. The largest absolute Gasteiger partial charge is 0.326 e. The van der Waals surface area contributed by atoms with Crippen LogP contribution in [0.5, 0.6) is 0 Å². The molecule has 1 aliphatic heterocycles. The third-order valence-electron chi connectivity index (χ3n) is 3.99. The molecule has 9 heteroatoms. The maximum Gasteiger partial charge on any atom is 0.221 e. The van der Waals surface area contributed by atoms with Gasteiger partial charge in [0, 0.05) is 18.7 Å². The van der Waals surface area contributed by atoms with Crippen LogP contribution < -0.4 is 10.6 Å². The molecular weight excluding hydrogens is 364 g/mol. The Kier molecular flexibility index (Phi) is 5.90. The molecule has 1 fully saturated rings. The number of carbonyl (C=O) groups is 1. The maximum absolute atomic E-state index is 12.9. The lowest BCUT2D eigenvalue weighted by Gasteiger charge is -2.21. The van der Waals surface area contributed by atoms with Gasteiger partial charge in [-0.25, -0.2) is 16.8 Å². The lowest BCUT2D eigenvalue weighted by atomic mass is 10.2. The Morgan fingerprint density at radius 2 is 1.80 bits per heavy atom. The van der Waals surface area contributed by atoms with E-state index < -0.39 is 31.0 Å². The van der Waals surface area contributed by atoms with Crippen molar-refractivity contribution in [2.45, 2.75) is 37.0 Å². The summed E-state index contributed by atoms with van der Waals surface area (Å²) in [5.41, 5.74) is 0.486. The minimum atomic E-state index is -3.81. The first-order valence-electron chi connectivity index (χ1n) is 8.06. The number of sulfone groups is 2. The van der Waals surface area contributed by atoms with Gasteiger partial charge in [-0.2, -0.15) is 0 Å². The molecule has 2 unspecified atom stereocenters.